The smallest absolute Gasteiger partial charge is 0.306 e. The van der Waals surface area contributed by atoms with Crippen molar-refractivity contribution in [1.82, 2.24) is 0 Å². The fraction of sp³-hybridized carbons (Fsp3) is 0.211. The lowest BCUT2D eigenvalue weighted by Crippen LogP contribution is -2.21. The molecule has 0 unspecified atom stereocenters. The van der Waals surface area contributed by atoms with Gasteiger partial charge in [-0.2, -0.15) is 0 Å². The Morgan fingerprint density at radius 1 is 0.966 bits per heavy atom. The van der Waals surface area contributed by atoms with Gasteiger partial charge < -0.3 is 10.1 Å². The van der Waals surface area contributed by atoms with Crippen LogP contribution in [-0.4, -0.2) is 30.5 Å². The standard InChI is InChI=1S/C19H15Cl4NO4S/c1-29-11-4-2-10(3-5-11)14(25)6-7-16(27)28-9-15(26)24-19-17(22)12(20)8-13(21)18(19)23/h2-5,8H,6-7,9H2,1H3,(H,24,26). The molecule has 0 atom stereocenters. The maximum atomic E-state index is 12.1. The molecule has 1 amide bonds. The lowest BCUT2D eigenvalue weighted by atomic mass is 10.1. The van der Waals surface area contributed by atoms with Crippen molar-refractivity contribution in [2.24, 2.45) is 0 Å². The van der Waals surface area contributed by atoms with E-state index in [2.05, 4.69) is 5.32 Å². The van der Waals surface area contributed by atoms with Crippen LogP contribution in [0, 0.1) is 0 Å². The van der Waals surface area contributed by atoms with Gasteiger partial charge in [-0.05, 0) is 24.5 Å². The third-order valence-corrected chi connectivity index (χ3v) is 6.03. The van der Waals surface area contributed by atoms with E-state index in [1.54, 1.807) is 23.9 Å². The minimum atomic E-state index is -0.685. The fourth-order valence-corrected chi connectivity index (χ4v) is 3.53. The van der Waals surface area contributed by atoms with Crippen LogP contribution in [0.25, 0.3) is 0 Å². The van der Waals surface area contributed by atoms with Crippen molar-refractivity contribution in [3.05, 3.63) is 56.0 Å². The molecule has 2 rings (SSSR count). The Bertz CT molecular complexity index is 909. The largest absolute Gasteiger partial charge is 0.456 e. The molecule has 0 aliphatic rings. The molecule has 0 spiro atoms. The van der Waals surface area contributed by atoms with E-state index in [0.29, 0.717) is 5.56 Å². The number of anilines is 1. The van der Waals surface area contributed by atoms with Gasteiger partial charge in [0.15, 0.2) is 12.4 Å². The van der Waals surface area contributed by atoms with Crippen LogP contribution in [0.2, 0.25) is 20.1 Å². The van der Waals surface area contributed by atoms with Gasteiger partial charge >= 0.3 is 5.97 Å². The number of ether oxygens (including phenoxy) is 1. The summed E-state index contributed by atoms with van der Waals surface area (Å²) in [5.74, 6) is -1.55. The number of benzene rings is 2. The molecule has 0 aliphatic heterocycles. The van der Waals surface area contributed by atoms with Gasteiger partial charge in [0.1, 0.15) is 0 Å². The average molecular weight is 495 g/mol. The predicted molar refractivity (Wildman–Crippen MR) is 118 cm³/mol. The first-order valence-corrected chi connectivity index (χ1v) is 10.9. The number of thioether (sulfide) groups is 1. The number of halogens is 4. The molecule has 0 radical (unpaired) electrons. The van der Waals surface area contributed by atoms with Crippen molar-refractivity contribution in [2.75, 3.05) is 18.2 Å². The summed E-state index contributed by atoms with van der Waals surface area (Å²) in [6, 6.07) is 8.42. The van der Waals surface area contributed by atoms with Gasteiger partial charge in [0, 0.05) is 16.9 Å². The summed E-state index contributed by atoms with van der Waals surface area (Å²) >= 11 is 25.4. The van der Waals surface area contributed by atoms with Crippen molar-refractivity contribution in [3.63, 3.8) is 0 Å². The lowest BCUT2D eigenvalue weighted by Gasteiger charge is -2.12. The molecule has 0 saturated carbocycles. The molecule has 154 valence electrons. The lowest BCUT2D eigenvalue weighted by molar-refractivity contribution is -0.147. The van der Waals surface area contributed by atoms with E-state index in [4.69, 9.17) is 51.1 Å². The van der Waals surface area contributed by atoms with Crippen LogP contribution < -0.4 is 5.32 Å². The number of hydrogen-bond donors (Lipinski definition) is 1. The number of esters is 1. The average Bonchev–Trinajstić information content (AvgIpc) is 2.72. The Hall–Kier alpha value is -1.44. The second kappa shape index (κ2) is 11.1. The highest BCUT2D eigenvalue weighted by Crippen LogP contribution is 2.40. The molecule has 29 heavy (non-hydrogen) atoms. The minimum Gasteiger partial charge on any atom is -0.456 e. The number of nitrogens with one attached hydrogen (secondary N) is 1. The van der Waals surface area contributed by atoms with Crippen molar-refractivity contribution < 1.29 is 19.1 Å². The van der Waals surface area contributed by atoms with Crippen LogP contribution >= 0.6 is 58.2 Å². The third-order valence-electron chi connectivity index (χ3n) is 3.71. The predicted octanol–water partition coefficient (Wildman–Crippen LogP) is 6.17. The molecule has 0 heterocycles. The van der Waals surface area contributed by atoms with E-state index < -0.39 is 18.5 Å². The molecule has 2 aromatic rings. The van der Waals surface area contributed by atoms with Crippen LogP contribution in [0.15, 0.2) is 35.2 Å². The number of ketones is 1. The molecule has 0 bridgehead atoms. The molecule has 10 heteroatoms. The summed E-state index contributed by atoms with van der Waals surface area (Å²) in [7, 11) is 0. The number of amides is 1. The molecule has 0 fully saturated rings. The zero-order valence-electron chi connectivity index (χ0n) is 15.1. The van der Waals surface area contributed by atoms with Crippen LogP contribution in [0.4, 0.5) is 5.69 Å². The Morgan fingerprint density at radius 3 is 2.10 bits per heavy atom. The summed E-state index contributed by atoms with van der Waals surface area (Å²) in [4.78, 5) is 37.0. The van der Waals surface area contributed by atoms with Gasteiger partial charge in [0.25, 0.3) is 5.91 Å². The summed E-state index contributed by atoms with van der Waals surface area (Å²) in [6.45, 7) is -0.577. The highest BCUT2D eigenvalue weighted by molar-refractivity contribution is 7.98. The van der Waals surface area contributed by atoms with Crippen molar-refractivity contribution >= 4 is 81.5 Å². The van der Waals surface area contributed by atoms with Crippen LogP contribution in [0.5, 0.6) is 0 Å². The molecule has 0 saturated heterocycles. The van der Waals surface area contributed by atoms with E-state index in [1.165, 1.54) is 6.07 Å². The first-order chi connectivity index (χ1) is 13.7. The Kier molecular flexibility index (Phi) is 9.11. The topological polar surface area (TPSA) is 72.5 Å². The summed E-state index contributed by atoms with van der Waals surface area (Å²) in [5.41, 5.74) is 0.534. The first kappa shape index (κ1) is 23.8. The number of hydrogen-bond acceptors (Lipinski definition) is 5. The molecule has 5 nitrogen and oxygen atoms in total. The summed E-state index contributed by atoms with van der Waals surface area (Å²) < 4.78 is 4.88. The molecule has 0 aromatic heterocycles. The second-order valence-corrected chi connectivity index (χ2v) is 8.15. The number of rotatable bonds is 8. The monoisotopic (exact) mass is 493 g/mol. The van der Waals surface area contributed by atoms with Crippen LogP contribution in [0.1, 0.15) is 23.2 Å². The van der Waals surface area contributed by atoms with Gasteiger partial charge in [-0.25, -0.2) is 0 Å². The van der Waals surface area contributed by atoms with Crippen molar-refractivity contribution in [3.8, 4) is 0 Å². The Balaban J connectivity index is 1.83. The van der Waals surface area contributed by atoms with Crippen LogP contribution in [-0.2, 0) is 14.3 Å². The Morgan fingerprint density at radius 2 is 1.55 bits per heavy atom. The van der Waals surface area contributed by atoms with Crippen molar-refractivity contribution in [2.45, 2.75) is 17.7 Å². The molecular weight excluding hydrogens is 480 g/mol. The summed E-state index contributed by atoms with van der Waals surface area (Å²) in [6.07, 6.45) is 1.76. The number of Topliss-reactive ketones (excluding diaryl/α,β-unsaturated/α-hetero) is 1. The highest BCUT2D eigenvalue weighted by Gasteiger charge is 2.17. The van der Waals surface area contributed by atoms with E-state index >= 15 is 0 Å². The number of carbonyl (C=O) groups is 3. The molecule has 0 aliphatic carbocycles. The van der Waals surface area contributed by atoms with Gasteiger partial charge in [-0.15, -0.1) is 11.8 Å². The highest BCUT2D eigenvalue weighted by atomic mass is 35.5. The molecule has 1 N–H and O–H groups in total. The fourth-order valence-electron chi connectivity index (χ4n) is 2.21. The molecule has 2 aromatic carbocycles. The van der Waals surface area contributed by atoms with Gasteiger partial charge in [-0.3, -0.25) is 14.4 Å². The van der Waals surface area contributed by atoms with E-state index in [0.717, 1.165) is 4.90 Å². The minimum absolute atomic E-state index is 0.0128. The quantitative estimate of drug-likeness (QED) is 0.205. The van der Waals surface area contributed by atoms with Crippen LogP contribution in [0.3, 0.4) is 0 Å². The summed E-state index contributed by atoms with van der Waals surface area (Å²) in [5, 5.41) is 2.64. The van der Waals surface area contributed by atoms with Gasteiger partial charge in [0.05, 0.1) is 32.2 Å². The molecular formula is C19H15Cl4NO4S. The van der Waals surface area contributed by atoms with Gasteiger partial charge in [-0.1, -0.05) is 58.5 Å². The number of carbonyl (C=O) groups excluding carboxylic acids is 3. The second-order valence-electron chi connectivity index (χ2n) is 5.70. The maximum Gasteiger partial charge on any atom is 0.306 e. The Labute approximate surface area is 192 Å². The zero-order chi connectivity index (χ0) is 21.6. The van der Waals surface area contributed by atoms with E-state index in [-0.39, 0.29) is 44.4 Å². The van der Waals surface area contributed by atoms with E-state index in [1.807, 2.05) is 18.4 Å². The zero-order valence-corrected chi connectivity index (χ0v) is 18.9. The van der Waals surface area contributed by atoms with Gasteiger partial charge in [0.2, 0.25) is 0 Å². The maximum absolute atomic E-state index is 12.1. The first-order valence-electron chi connectivity index (χ1n) is 8.18. The SMILES string of the molecule is CSc1ccc(C(=O)CCC(=O)OCC(=O)Nc2c(Cl)c(Cl)cc(Cl)c2Cl)cc1. The van der Waals surface area contributed by atoms with Crippen molar-refractivity contribution in [1.29, 1.82) is 0 Å². The third kappa shape index (κ3) is 6.79. The van der Waals surface area contributed by atoms with E-state index in [9.17, 15) is 14.4 Å². The normalized spacial score (nSPS) is 10.5.